The van der Waals surface area contributed by atoms with Gasteiger partial charge in [0.15, 0.2) is 0 Å². The van der Waals surface area contributed by atoms with Crippen molar-refractivity contribution in [3.05, 3.63) is 100 Å². The van der Waals surface area contributed by atoms with Gasteiger partial charge in [0, 0.05) is 17.9 Å². The van der Waals surface area contributed by atoms with E-state index in [0.717, 1.165) is 18.9 Å². The van der Waals surface area contributed by atoms with Crippen LogP contribution in [0.3, 0.4) is 0 Å². The lowest BCUT2D eigenvalue weighted by atomic mass is 9.91. The highest BCUT2D eigenvalue weighted by atomic mass is 35.5. The maximum absolute atomic E-state index is 13.5. The van der Waals surface area contributed by atoms with Gasteiger partial charge in [0.1, 0.15) is 5.82 Å². The average Bonchev–Trinajstić information content (AvgIpc) is 2.94. The minimum absolute atomic E-state index is 0.117. The molecular formula is C30H30ClFN4O4. The van der Waals surface area contributed by atoms with Crippen molar-refractivity contribution in [1.29, 1.82) is 0 Å². The first-order valence-electron chi connectivity index (χ1n) is 13.0. The fraction of sp³-hybridized carbons (Fsp3) is 0.233. The quantitative estimate of drug-likeness (QED) is 0.244. The Morgan fingerprint density at radius 1 is 1.00 bits per heavy atom. The SMILES string of the molecule is CCCCN1C(=O)N[C@@H](c2cccc(NC(=O)Nc3ccc(F)c(Cl)c3)c2)C(C(=O)OCC)=C1c1ccccc1. The third kappa shape index (κ3) is 6.60. The molecule has 8 nitrogen and oxygen atoms in total. The predicted molar refractivity (Wildman–Crippen MR) is 153 cm³/mol. The zero-order valence-corrected chi connectivity index (χ0v) is 22.9. The minimum Gasteiger partial charge on any atom is -0.463 e. The van der Waals surface area contributed by atoms with Crippen LogP contribution in [-0.4, -0.2) is 36.1 Å². The van der Waals surface area contributed by atoms with Gasteiger partial charge >= 0.3 is 18.0 Å². The molecule has 0 spiro atoms. The first-order valence-corrected chi connectivity index (χ1v) is 13.4. The largest absolute Gasteiger partial charge is 0.463 e. The Morgan fingerprint density at radius 2 is 1.73 bits per heavy atom. The van der Waals surface area contributed by atoms with Crippen LogP contribution in [0.1, 0.15) is 43.9 Å². The van der Waals surface area contributed by atoms with Gasteiger partial charge in [-0.05, 0) is 54.8 Å². The smallest absolute Gasteiger partial charge is 0.338 e. The lowest BCUT2D eigenvalue weighted by molar-refractivity contribution is -0.138. The highest BCUT2D eigenvalue weighted by Gasteiger charge is 2.38. The summed E-state index contributed by atoms with van der Waals surface area (Å²) in [4.78, 5) is 41.1. The van der Waals surface area contributed by atoms with E-state index >= 15 is 0 Å². The normalized spacial score (nSPS) is 14.9. The molecule has 3 N–H and O–H groups in total. The Bertz CT molecular complexity index is 1430. The van der Waals surface area contributed by atoms with Crippen molar-refractivity contribution in [2.24, 2.45) is 0 Å². The summed E-state index contributed by atoms with van der Waals surface area (Å²) in [6, 6.07) is 18.2. The number of nitrogens with zero attached hydrogens (tertiary/aromatic N) is 1. The van der Waals surface area contributed by atoms with Gasteiger partial charge in [-0.3, -0.25) is 4.90 Å². The molecule has 0 aromatic heterocycles. The Kier molecular flexibility index (Phi) is 9.39. The van der Waals surface area contributed by atoms with Crippen molar-refractivity contribution < 1.29 is 23.5 Å². The Balaban J connectivity index is 1.71. The number of halogens is 2. The molecule has 1 atom stereocenters. The number of hydrogen-bond acceptors (Lipinski definition) is 4. The van der Waals surface area contributed by atoms with Crippen molar-refractivity contribution in [2.75, 3.05) is 23.8 Å². The molecule has 4 amide bonds. The minimum atomic E-state index is -0.833. The number of carbonyl (C=O) groups excluding carboxylic acids is 3. The van der Waals surface area contributed by atoms with Gasteiger partial charge in [-0.1, -0.05) is 67.4 Å². The lowest BCUT2D eigenvalue weighted by Gasteiger charge is -2.37. The Hall–Kier alpha value is -4.37. The number of hydrogen-bond donors (Lipinski definition) is 3. The second kappa shape index (κ2) is 13.1. The van der Waals surface area contributed by atoms with Crippen LogP contribution < -0.4 is 16.0 Å². The Labute approximate surface area is 237 Å². The van der Waals surface area contributed by atoms with Crippen molar-refractivity contribution >= 4 is 46.7 Å². The maximum atomic E-state index is 13.5. The molecule has 10 heteroatoms. The molecule has 3 aromatic rings. The van der Waals surface area contributed by atoms with E-state index in [1.165, 1.54) is 12.1 Å². The fourth-order valence-electron chi connectivity index (χ4n) is 4.43. The van der Waals surface area contributed by atoms with E-state index in [2.05, 4.69) is 16.0 Å². The maximum Gasteiger partial charge on any atom is 0.338 e. The summed E-state index contributed by atoms with van der Waals surface area (Å²) >= 11 is 5.81. The first kappa shape index (κ1) is 28.6. The number of rotatable bonds is 9. The standard InChI is InChI=1S/C30H30ClFN4O4/c1-3-5-16-36-27(19-10-7-6-8-11-19)25(28(37)40-4-2)26(35-30(36)39)20-12-9-13-21(17-20)33-29(38)34-22-14-15-24(32)23(31)18-22/h6-15,17-18,26H,3-5,16H2,1-2H3,(H,35,39)(H2,33,34,38)/t26-/m0/s1. The summed E-state index contributed by atoms with van der Waals surface area (Å²) in [5, 5.41) is 8.17. The number of esters is 1. The van der Waals surface area contributed by atoms with Crippen molar-refractivity contribution in [2.45, 2.75) is 32.7 Å². The summed E-state index contributed by atoms with van der Waals surface area (Å²) < 4.78 is 18.9. The molecule has 4 rings (SSSR count). The molecule has 1 aliphatic heterocycles. The van der Waals surface area contributed by atoms with Crippen molar-refractivity contribution in [3.63, 3.8) is 0 Å². The van der Waals surface area contributed by atoms with E-state index in [1.807, 2.05) is 37.3 Å². The zero-order chi connectivity index (χ0) is 28.6. The van der Waals surface area contributed by atoms with Gasteiger partial charge in [0.05, 0.1) is 28.9 Å². The number of anilines is 2. The van der Waals surface area contributed by atoms with Gasteiger partial charge in [-0.25, -0.2) is 18.8 Å². The Morgan fingerprint density at radius 3 is 2.40 bits per heavy atom. The highest BCUT2D eigenvalue weighted by Crippen LogP contribution is 2.37. The summed E-state index contributed by atoms with van der Waals surface area (Å²) in [5.74, 6) is -1.14. The second-order valence-electron chi connectivity index (χ2n) is 9.07. The summed E-state index contributed by atoms with van der Waals surface area (Å²) in [7, 11) is 0. The van der Waals surface area contributed by atoms with Crippen LogP contribution in [0.4, 0.5) is 25.4 Å². The van der Waals surface area contributed by atoms with E-state index in [4.69, 9.17) is 16.3 Å². The molecule has 0 unspecified atom stereocenters. The number of unbranched alkanes of at least 4 members (excludes halogenated alkanes) is 1. The van der Waals surface area contributed by atoms with E-state index in [9.17, 15) is 18.8 Å². The first-order chi connectivity index (χ1) is 19.3. The number of ether oxygens (including phenoxy) is 1. The third-order valence-electron chi connectivity index (χ3n) is 6.26. The highest BCUT2D eigenvalue weighted by molar-refractivity contribution is 6.31. The van der Waals surface area contributed by atoms with E-state index in [1.54, 1.807) is 36.1 Å². The number of urea groups is 2. The lowest BCUT2D eigenvalue weighted by Crippen LogP contribution is -2.48. The number of amides is 4. The number of nitrogens with one attached hydrogen (secondary N) is 3. The van der Waals surface area contributed by atoms with Gasteiger partial charge in [-0.15, -0.1) is 0 Å². The average molecular weight is 565 g/mol. The molecule has 0 radical (unpaired) electrons. The number of benzene rings is 3. The summed E-state index contributed by atoms with van der Waals surface area (Å²) in [6.45, 7) is 4.35. The molecule has 0 saturated carbocycles. The van der Waals surface area contributed by atoms with E-state index < -0.39 is 23.9 Å². The zero-order valence-electron chi connectivity index (χ0n) is 22.2. The fourth-order valence-corrected chi connectivity index (χ4v) is 4.61. The topological polar surface area (TPSA) is 99.8 Å². The molecule has 0 bridgehead atoms. The molecule has 208 valence electrons. The van der Waals surface area contributed by atoms with E-state index in [-0.39, 0.29) is 17.7 Å². The third-order valence-corrected chi connectivity index (χ3v) is 6.55. The molecule has 1 aliphatic rings. The van der Waals surface area contributed by atoms with E-state index in [0.29, 0.717) is 40.3 Å². The van der Waals surface area contributed by atoms with Crippen LogP contribution in [-0.2, 0) is 9.53 Å². The molecule has 0 saturated heterocycles. The van der Waals surface area contributed by atoms with Crippen LogP contribution in [0.15, 0.2) is 78.4 Å². The van der Waals surface area contributed by atoms with Crippen molar-refractivity contribution in [1.82, 2.24) is 10.2 Å². The van der Waals surface area contributed by atoms with Crippen LogP contribution in [0.2, 0.25) is 5.02 Å². The van der Waals surface area contributed by atoms with Crippen LogP contribution in [0, 0.1) is 5.82 Å². The van der Waals surface area contributed by atoms with Gasteiger partial charge in [0.2, 0.25) is 0 Å². The van der Waals surface area contributed by atoms with Crippen LogP contribution in [0.25, 0.3) is 5.70 Å². The molecule has 1 heterocycles. The molecule has 40 heavy (non-hydrogen) atoms. The number of carbonyl (C=O) groups is 3. The van der Waals surface area contributed by atoms with Gasteiger partial charge in [-0.2, -0.15) is 0 Å². The van der Waals surface area contributed by atoms with Gasteiger partial charge in [0.25, 0.3) is 0 Å². The predicted octanol–water partition coefficient (Wildman–Crippen LogP) is 6.96. The molecule has 0 aliphatic carbocycles. The molecule has 3 aromatic carbocycles. The monoisotopic (exact) mass is 564 g/mol. The second-order valence-corrected chi connectivity index (χ2v) is 9.48. The van der Waals surface area contributed by atoms with Crippen LogP contribution >= 0.6 is 11.6 Å². The van der Waals surface area contributed by atoms with Crippen LogP contribution in [0.5, 0.6) is 0 Å². The summed E-state index contributed by atoms with van der Waals surface area (Å²) in [5.41, 5.74) is 2.80. The van der Waals surface area contributed by atoms with Crippen molar-refractivity contribution in [3.8, 4) is 0 Å². The van der Waals surface area contributed by atoms with Gasteiger partial charge < -0.3 is 20.7 Å². The molecular weight excluding hydrogens is 535 g/mol. The summed E-state index contributed by atoms with van der Waals surface area (Å²) in [6.07, 6.45) is 1.61. The molecule has 0 fully saturated rings.